The largest absolute Gasteiger partial charge is 0.416 e. The number of hydrogen-bond acceptors (Lipinski definition) is 7. The summed E-state index contributed by atoms with van der Waals surface area (Å²) in [6.45, 7) is 1.85. The number of nitrogens with one attached hydrogen (secondary N) is 2. The number of ketones is 1. The molecule has 1 amide bonds. The molecule has 2 aliphatic rings. The van der Waals surface area contributed by atoms with E-state index in [1.165, 1.54) is 23.5 Å². The van der Waals surface area contributed by atoms with Crippen LogP contribution in [0.15, 0.2) is 53.4 Å². The number of benzene rings is 2. The molecule has 0 unspecified atom stereocenters. The lowest BCUT2D eigenvalue weighted by Gasteiger charge is -2.43. The number of carbonyl (C=O) groups excluding carboxylic acids is 2. The Bertz CT molecular complexity index is 1540. The monoisotopic (exact) mass is 574 g/mol. The highest BCUT2D eigenvalue weighted by molar-refractivity contribution is 7.20. The number of halogens is 4. The summed E-state index contributed by atoms with van der Waals surface area (Å²) >= 11 is 2.41. The number of amides is 1. The molecular weight excluding hydrogens is 552 g/mol. The molecule has 0 spiro atoms. The third-order valence-corrected chi connectivity index (χ3v) is 8.99. The number of aromatic nitrogens is 1. The predicted octanol–water partition coefficient (Wildman–Crippen LogP) is 5.21. The SMILES string of the molecule is O=C(c1sc2ccc(-c3ccc(C(F)(F)F)cc3)cc2c1F)N1CC(N[C@@]2(C(=O)c3cscn3)CCNC2)C1. The summed E-state index contributed by atoms with van der Waals surface area (Å²) in [6, 6.07) is 9.49. The molecule has 0 aliphatic carbocycles. The third kappa shape index (κ3) is 4.75. The molecule has 1 atom stereocenters. The van der Waals surface area contributed by atoms with E-state index in [1.54, 1.807) is 34.0 Å². The first-order valence-corrected chi connectivity index (χ1v) is 14.0. The lowest BCUT2D eigenvalue weighted by Crippen LogP contribution is -2.67. The number of Topliss-reactive ketones (excluding diaryl/α,β-unsaturated/α-hetero) is 1. The Balaban J connectivity index is 1.16. The maximum absolute atomic E-state index is 15.4. The minimum Gasteiger partial charge on any atom is -0.335 e. The zero-order valence-corrected chi connectivity index (χ0v) is 22.0. The van der Waals surface area contributed by atoms with Crippen molar-refractivity contribution >= 4 is 44.5 Å². The number of nitrogens with zero attached hydrogens (tertiary/aromatic N) is 2. The van der Waals surface area contributed by atoms with E-state index in [0.29, 0.717) is 54.1 Å². The van der Waals surface area contributed by atoms with Gasteiger partial charge >= 0.3 is 6.18 Å². The number of carbonyl (C=O) groups is 2. The molecular formula is C27H22F4N4O2S2. The Labute approximate surface area is 228 Å². The van der Waals surface area contributed by atoms with Crippen LogP contribution in [0.3, 0.4) is 0 Å². The van der Waals surface area contributed by atoms with Gasteiger partial charge in [0.15, 0.2) is 5.82 Å². The first-order chi connectivity index (χ1) is 18.6. The molecule has 2 N–H and O–H groups in total. The fourth-order valence-corrected chi connectivity index (χ4v) is 6.71. The van der Waals surface area contributed by atoms with E-state index in [1.807, 2.05) is 0 Å². The molecule has 2 fully saturated rings. The normalized spacial score (nSPS) is 19.9. The number of likely N-dealkylation sites (tertiary alicyclic amines) is 1. The zero-order chi connectivity index (χ0) is 27.4. The van der Waals surface area contributed by atoms with Crippen LogP contribution in [0.25, 0.3) is 21.2 Å². The summed E-state index contributed by atoms with van der Waals surface area (Å²) in [5.74, 6) is -1.13. The summed E-state index contributed by atoms with van der Waals surface area (Å²) in [6.07, 6.45) is -3.83. The lowest BCUT2D eigenvalue weighted by molar-refractivity contribution is -0.137. The number of hydrogen-bond donors (Lipinski definition) is 2. The topological polar surface area (TPSA) is 74.3 Å². The number of thiophene rings is 1. The molecule has 2 aromatic carbocycles. The van der Waals surface area contributed by atoms with Crippen LogP contribution < -0.4 is 10.6 Å². The van der Waals surface area contributed by atoms with Crippen LogP contribution in [0.1, 0.15) is 32.1 Å². The lowest BCUT2D eigenvalue weighted by atomic mass is 9.89. The van der Waals surface area contributed by atoms with E-state index in [4.69, 9.17) is 0 Å². The first-order valence-electron chi connectivity index (χ1n) is 12.2. The Morgan fingerprint density at radius 3 is 2.49 bits per heavy atom. The van der Waals surface area contributed by atoms with Crippen molar-refractivity contribution in [3.8, 4) is 11.1 Å². The average molecular weight is 575 g/mol. The smallest absolute Gasteiger partial charge is 0.335 e. The molecule has 6 rings (SSSR count). The summed E-state index contributed by atoms with van der Waals surface area (Å²) in [5.41, 5.74) is 1.58. The van der Waals surface area contributed by atoms with Gasteiger partial charge in [-0.1, -0.05) is 18.2 Å². The molecule has 2 saturated heterocycles. The molecule has 12 heteroatoms. The second-order valence-corrected chi connectivity index (χ2v) is 11.6. The van der Waals surface area contributed by atoms with Crippen molar-refractivity contribution in [1.82, 2.24) is 20.5 Å². The highest BCUT2D eigenvalue weighted by atomic mass is 32.1. The van der Waals surface area contributed by atoms with Gasteiger partial charge in [-0.15, -0.1) is 22.7 Å². The molecule has 202 valence electrons. The van der Waals surface area contributed by atoms with Crippen LogP contribution in [-0.2, 0) is 6.18 Å². The summed E-state index contributed by atoms with van der Waals surface area (Å²) in [4.78, 5) is 32.0. The van der Waals surface area contributed by atoms with Gasteiger partial charge in [0.1, 0.15) is 10.6 Å². The quantitative estimate of drug-likeness (QED) is 0.244. The Morgan fingerprint density at radius 1 is 1.10 bits per heavy atom. The maximum Gasteiger partial charge on any atom is 0.416 e. The van der Waals surface area contributed by atoms with Crippen molar-refractivity contribution in [3.05, 3.63) is 75.3 Å². The molecule has 6 nitrogen and oxygen atoms in total. The van der Waals surface area contributed by atoms with Gasteiger partial charge in [-0.05, 0) is 48.4 Å². The van der Waals surface area contributed by atoms with E-state index in [-0.39, 0.29) is 22.1 Å². The van der Waals surface area contributed by atoms with Gasteiger partial charge in [-0.3, -0.25) is 14.9 Å². The molecule has 39 heavy (non-hydrogen) atoms. The van der Waals surface area contributed by atoms with Crippen molar-refractivity contribution in [2.45, 2.75) is 24.2 Å². The molecule has 0 saturated carbocycles. The van der Waals surface area contributed by atoms with Gasteiger partial charge in [0.05, 0.1) is 16.6 Å². The van der Waals surface area contributed by atoms with Crippen LogP contribution in [0.4, 0.5) is 17.6 Å². The van der Waals surface area contributed by atoms with Crippen molar-refractivity contribution in [1.29, 1.82) is 0 Å². The molecule has 4 aromatic rings. The van der Waals surface area contributed by atoms with Crippen LogP contribution in [-0.4, -0.2) is 59.3 Å². The number of thiazole rings is 1. The highest BCUT2D eigenvalue weighted by Gasteiger charge is 2.46. The first kappa shape index (κ1) is 26.1. The van der Waals surface area contributed by atoms with Gasteiger partial charge in [0.2, 0.25) is 5.78 Å². The third-order valence-electron chi connectivity index (χ3n) is 7.27. The second kappa shape index (κ2) is 9.77. The van der Waals surface area contributed by atoms with Gasteiger partial charge in [0, 0.05) is 41.1 Å². The van der Waals surface area contributed by atoms with Crippen molar-refractivity contribution in [2.75, 3.05) is 26.2 Å². The average Bonchev–Trinajstić information content (AvgIpc) is 3.66. The highest BCUT2D eigenvalue weighted by Crippen LogP contribution is 2.36. The van der Waals surface area contributed by atoms with Crippen LogP contribution in [0.5, 0.6) is 0 Å². The van der Waals surface area contributed by atoms with E-state index in [2.05, 4.69) is 15.6 Å². The minimum absolute atomic E-state index is 0.0104. The summed E-state index contributed by atoms with van der Waals surface area (Å²) in [5, 5.41) is 8.64. The zero-order valence-electron chi connectivity index (χ0n) is 20.3. The van der Waals surface area contributed by atoms with E-state index >= 15 is 4.39 Å². The fraction of sp³-hybridized carbons (Fsp3) is 0.296. The summed E-state index contributed by atoms with van der Waals surface area (Å²) < 4.78 is 54.7. The molecule has 0 radical (unpaired) electrons. The number of rotatable bonds is 6. The van der Waals surface area contributed by atoms with E-state index in [0.717, 1.165) is 23.5 Å². The van der Waals surface area contributed by atoms with E-state index < -0.39 is 29.0 Å². The van der Waals surface area contributed by atoms with Gasteiger partial charge in [-0.25, -0.2) is 9.37 Å². The van der Waals surface area contributed by atoms with Crippen molar-refractivity contribution in [2.24, 2.45) is 0 Å². The Morgan fingerprint density at radius 2 is 1.85 bits per heavy atom. The number of alkyl halides is 3. The fourth-order valence-electron chi connectivity index (χ4n) is 5.15. The predicted molar refractivity (Wildman–Crippen MR) is 142 cm³/mol. The minimum atomic E-state index is -4.44. The Kier molecular flexibility index (Phi) is 6.53. The molecule has 2 aliphatic heterocycles. The van der Waals surface area contributed by atoms with Gasteiger partial charge < -0.3 is 10.2 Å². The standard InChI is InChI=1S/C27H22F4N4O2S2/c28-22-19-9-16(15-1-4-17(5-2-15)27(29,30)31)3-6-21(19)39-23(22)25(37)35-10-18(11-35)34-26(7-8-32-13-26)24(36)20-12-38-14-33-20/h1-6,9,12,14,18,32,34H,7-8,10-11,13H2/t26-/m0/s1. The van der Waals surface area contributed by atoms with E-state index in [9.17, 15) is 22.8 Å². The van der Waals surface area contributed by atoms with Crippen molar-refractivity contribution < 1.29 is 27.2 Å². The second-order valence-electron chi connectivity index (χ2n) is 9.79. The molecule has 2 aromatic heterocycles. The van der Waals surface area contributed by atoms with Crippen molar-refractivity contribution in [3.63, 3.8) is 0 Å². The van der Waals surface area contributed by atoms with Crippen LogP contribution in [0.2, 0.25) is 0 Å². The van der Waals surface area contributed by atoms with Crippen LogP contribution >= 0.6 is 22.7 Å². The van der Waals surface area contributed by atoms with Crippen LogP contribution in [0, 0.1) is 5.82 Å². The van der Waals surface area contributed by atoms with Gasteiger partial charge in [0.25, 0.3) is 5.91 Å². The summed E-state index contributed by atoms with van der Waals surface area (Å²) in [7, 11) is 0. The van der Waals surface area contributed by atoms with Gasteiger partial charge in [-0.2, -0.15) is 13.2 Å². The number of fused-ring (bicyclic) bond motifs is 1. The Hall–Kier alpha value is -3.19. The molecule has 0 bridgehead atoms. The maximum atomic E-state index is 15.4. The molecule has 4 heterocycles.